The van der Waals surface area contributed by atoms with E-state index in [1.54, 1.807) is 0 Å². The van der Waals surface area contributed by atoms with Crippen LogP contribution in [-0.4, -0.2) is 6.10 Å². The lowest BCUT2D eigenvalue weighted by atomic mass is 9.95. The lowest BCUT2D eigenvalue weighted by Gasteiger charge is -2.30. The molecule has 0 bridgehead atoms. The maximum atomic E-state index is 6.21. The van der Waals surface area contributed by atoms with Gasteiger partial charge >= 0.3 is 0 Å². The lowest BCUT2D eigenvalue weighted by molar-refractivity contribution is 0.147. The molecular weight excluding hydrogens is 278 g/mol. The summed E-state index contributed by atoms with van der Waals surface area (Å²) in [5.74, 6) is 0.966. The first-order valence-corrected chi connectivity index (χ1v) is 7.21. The van der Waals surface area contributed by atoms with Crippen LogP contribution < -0.4 is 10.5 Å². The van der Waals surface area contributed by atoms with Crippen molar-refractivity contribution in [3.63, 3.8) is 0 Å². The molecular formula is C14H20BrNO. The van der Waals surface area contributed by atoms with Crippen LogP contribution >= 0.6 is 15.9 Å². The Balaban J connectivity index is 2.03. The van der Waals surface area contributed by atoms with Crippen molar-refractivity contribution in [1.82, 2.24) is 0 Å². The third-order valence-corrected chi connectivity index (χ3v) is 3.80. The highest BCUT2D eigenvalue weighted by atomic mass is 79.9. The van der Waals surface area contributed by atoms with Gasteiger partial charge in [0.15, 0.2) is 0 Å². The zero-order chi connectivity index (χ0) is 12.3. The molecule has 0 spiro atoms. The van der Waals surface area contributed by atoms with E-state index in [0.29, 0.717) is 6.10 Å². The van der Waals surface area contributed by atoms with Crippen LogP contribution in [0.15, 0.2) is 22.7 Å². The SMILES string of the molecule is CCCCCC1C[C@H](N)c2cc(Br)ccc2O1. The lowest BCUT2D eigenvalue weighted by Crippen LogP contribution is -2.29. The first-order chi connectivity index (χ1) is 8.20. The van der Waals surface area contributed by atoms with Crippen molar-refractivity contribution in [2.24, 2.45) is 5.73 Å². The Kier molecular flexibility index (Phi) is 4.46. The molecule has 0 aromatic heterocycles. The Bertz CT molecular complexity index is 380. The molecule has 0 saturated heterocycles. The molecule has 0 saturated carbocycles. The second-order valence-corrected chi connectivity index (χ2v) is 5.68. The van der Waals surface area contributed by atoms with Gasteiger partial charge in [0.1, 0.15) is 11.9 Å². The Morgan fingerprint density at radius 1 is 1.41 bits per heavy atom. The summed E-state index contributed by atoms with van der Waals surface area (Å²) in [5, 5.41) is 0. The second kappa shape index (κ2) is 5.87. The summed E-state index contributed by atoms with van der Waals surface area (Å²) in [6.45, 7) is 2.22. The van der Waals surface area contributed by atoms with Crippen molar-refractivity contribution in [3.05, 3.63) is 28.2 Å². The van der Waals surface area contributed by atoms with E-state index in [4.69, 9.17) is 10.5 Å². The van der Waals surface area contributed by atoms with Gasteiger partial charge < -0.3 is 10.5 Å². The molecule has 0 aliphatic carbocycles. The summed E-state index contributed by atoms with van der Waals surface area (Å²) >= 11 is 3.47. The minimum absolute atomic E-state index is 0.114. The number of halogens is 1. The number of fused-ring (bicyclic) bond motifs is 1. The van der Waals surface area contributed by atoms with Gasteiger partial charge in [-0.25, -0.2) is 0 Å². The van der Waals surface area contributed by atoms with Gasteiger partial charge in [0, 0.05) is 22.5 Å². The number of benzene rings is 1. The fourth-order valence-corrected chi connectivity index (χ4v) is 2.73. The average molecular weight is 298 g/mol. The molecule has 17 heavy (non-hydrogen) atoms. The van der Waals surface area contributed by atoms with Gasteiger partial charge in [-0.1, -0.05) is 35.7 Å². The van der Waals surface area contributed by atoms with Crippen LogP contribution in [0.1, 0.15) is 50.6 Å². The van der Waals surface area contributed by atoms with Gasteiger partial charge in [-0.2, -0.15) is 0 Å². The van der Waals surface area contributed by atoms with Gasteiger partial charge in [-0.15, -0.1) is 0 Å². The molecule has 94 valence electrons. The maximum Gasteiger partial charge on any atom is 0.124 e. The molecule has 0 fully saturated rings. The van der Waals surface area contributed by atoms with E-state index >= 15 is 0 Å². The third kappa shape index (κ3) is 3.23. The molecule has 1 aromatic carbocycles. The summed E-state index contributed by atoms with van der Waals surface area (Å²) in [6, 6.07) is 6.22. The fourth-order valence-electron chi connectivity index (χ4n) is 2.35. The highest BCUT2D eigenvalue weighted by Crippen LogP contribution is 2.36. The van der Waals surface area contributed by atoms with Crippen molar-refractivity contribution in [3.8, 4) is 5.75 Å². The van der Waals surface area contributed by atoms with Gasteiger partial charge in [-0.05, 0) is 31.0 Å². The van der Waals surface area contributed by atoms with E-state index in [9.17, 15) is 0 Å². The summed E-state index contributed by atoms with van der Waals surface area (Å²) in [4.78, 5) is 0. The van der Waals surface area contributed by atoms with E-state index in [-0.39, 0.29) is 6.04 Å². The molecule has 1 aliphatic heterocycles. The van der Waals surface area contributed by atoms with E-state index in [0.717, 1.165) is 28.6 Å². The monoisotopic (exact) mass is 297 g/mol. The Labute approximate surface area is 112 Å². The van der Waals surface area contributed by atoms with Crippen LogP contribution in [0.3, 0.4) is 0 Å². The number of unbranched alkanes of at least 4 members (excludes halogenated alkanes) is 2. The highest BCUT2D eigenvalue weighted by molar-refractivity contribution is 9.10. The van der Waals surface area contributed by atoms with E-state index < -0.39 is 0 Å². The summed E-state index contributed by atoms with van der Waals surface area (Å²) in [6.07, 6.45) is 6.12. The van der Waals surface area contributed by atoms with Gasteiger partial charge in [0.05, 0.1) is 0 Å². The maximum absolute atomic E-state index is 6.21. The van der Waals surface area contributed by atoms with Crippen LogP contribution in [0, 0.1) is 0 Å². The van der Waals surface area contributed by atoms with Crippen LogP contribution in [0.4, 0.5) is 0 Å². The van der Waals surface area contributed by atoms with Gasteiger partial charge in [0.2, 0.25) is 0 Å². The second-order valence-electron chi connectivity index (χ2n) is 4.76. The molecule has 2 N–H and O–H groups in total. The molecule has 2 rings (SSSR count). The van der Waals surface area contributed by atoms with Crippen LogP contribution in [0.5, 0.6) is 5.75 Å². The smallest absolute Gasteiger partial charge is 0.124 e. The quantitative estimate of drug-likeness (QED) is 0.846. The molecule has 2 atom stereocenters. The first-order valence-electron chi connectivity index (χ1n) is 6.42. The van der Waals surface area contributed by atoms with Gasteiger partial charge in [0.25, 0.3) is 0 Å². The minimum atomic E-state index is 0.114. The molecule has 0 amide bonds. The standard InChI is InChI=1S/C14H20BrNO/c1-2-3-4-5-11-9-13(16)12-8-10(15)6-7-14(12)17-11/h6-8,11,13H,2-5,9,16H2,1H3/t11?,13-/m0/s1. The van der Waals surface area contributed by atoms with E-state index in [1.807, 2.05) is 12.1 Å². The average Bonchev–Trinajstić information content (AvgIpc) is 2.31. The Morgan fingerprint density at radius 2 is 2.24 bits per heavy atom. The van der Waals surface area contributed by atoms with Crippen LogP contribution in [-0.2, 0) is 0 Å². The third-order valence-electron chi connectivity index (χ3n) is 3.31. The number of hydrogen-bond donors (Lipinski definition) is 1. The van der Waals surface area contributed by atoms with Crippen molar-refractivity contribution in [2.45, 2.75) is 51.2 Å². The van der Waals surface area contributed by atoms with Crippen LogP contribution in [0.2, 0.25) is 0 Å². The molecule has 1 aliphatic rings. The Morgan fingerprint density at radius 3 is 3.00 bits per heavy atom. The molecule has 1 aromatic rings. The van der Waals surface area contributed by atoms with Gasteiger partial charge in [-0.3, -0.25) is 0 Å². The van der Waals surface area contributed by atoms with E-state index in [2.05, 4.69) is 28.9 Å². The molecule has 1 unspecified atom stereocenters. The molecule has 0 radical (unpaired) electrons. The largest absolute Gasteiger partial charge is 0.490 e. The predicted octanol–water partition coefficient (Wildman–Crippen LogP) is 4.18. The summed E-state index contributed by atoms with van der Waals surface area (Å²) in [5.41, 5.74) is 7.34. The van der Waals surface area contributed by atoms with Crippen molar-refractivity contribution in [2.75, 3.05) is 0 Å². The zero-order valence-corrected chi connectivity index (χ0v) is 11.9. The van der Waals surface area contributed by atoms with Crippen molar-refractivity contribution >= 4 is 15.9 Å². The van der Waals surface area contributed by atoms with Crippen molar-refractivity contribution in [1.29, 1.82) is 0 Å². The molecule has 2 nitrogen and oxygen atoms in total. The number of ether oxygens (including phenoxy) is 1. The number of rotatable bonds is 4. The Hall–Kier alpha value is -0.540. The van der Waals surface area contributed by atoms with E-state index in [1.165, 1.54) is 19.3 Å². The topological polar surface area (TPSA) is 35.2 Å². The van der Waals surface area contributed by atoms with Crippen molar-refractivity contribution < 1.29 is 4.74 Å². The minimum Gasteiger partial charge on any atom is -0.490 e. The molecule has 1 heterocycles. The number of hydrogen-bond acceptors (Lipinski definition) is 2. The normalized spacial score (nSPS) is 23.0. The number of nitrogens with two attached hydrogens (primary N) is 1. The highest BCUT2D eigenvalue weighted by Gasteiger charge is 2.25. The fraction of sp³-hybridized carbons (Fsp3) is 0.571. The summed E-state index contributed by atoms with van der Waals surface area (Å²) in [7, 11) is 0. The predicted molar refractivity (Wildman–Crippen MR) is 74.2 cm³/mol. The zero-order valence-electron chi connectivity index (χ0n) is 10.3. The van der Waals surface area contributed by atoms with Crippen LogP contribution in [0.25, 0.3) is 0 Å². The summed E-state index contributed by atoms with van der Waals surface area (Å²) < 4.78 is 7.07. The molecule has 3 heteroatoms. The first kappa shape index (κ1) is 12.9.